The van der Waals surface area contributed by atoms with E-state index in [1.54, 1.807) is 18.3 Å². The van der Waals surface area contributed by atoms with Crippen molar-refractivity contribution in [1.29, 1.82) is 0 Å². The molecule has 5 rings (SSSR count). The van der Waals surface area contributed by atoms with Crippen molar-refractivity contribution in [2.45, 2.75) is 12.1 Å². The van der Waals surface area contributed by atoms with Crippen molar-refractivity contribution in [3.63, 3.8) is 0 Å². The summed E-state index contributed by atoms with van der Waals surface area (Å²) in [5, 5.41) is 7.66. The number of ether oxygens (including phenoxy) is 1. The van der Waals surface area contributed by atoms with E-state index >= 15 is 0 Å². The number of carbonyl (C=O) groups excluding carboxylic acids is 1. The van der Waals surface area contributed by atoms with Crippen molar-refractivity contribution >= 4 is 57.8 Å². The Morgan fingerprint density at radius 2 is 1.95 bits per heavy atom. The highest BCUT2D eigenvalue weighted by atomic mass is 35.5. The highest BCUT2D eigenvalue weighted by Gasteiger charge is 2.42. The van der Waals surface area contributed by atoms with Crippen LogP contribution in [0.4, 0.5) is 11.4 Å². The minimum Gasteiger partial charge on any atom is -0.459 e. The Kier molecular flexibility index (Phi) is 7.43. The number of nitrogens with one attached hydrogen (secondary N) is 2. The Labute approximate surface area is 229 Å². The van der Waals surface area contributed by atoms with Crippen LogP contribution in [0.2, 0.25) is 10.0 Å². The molecule has 10 heteroatoms. The predicted octanol–water partition coefficient (Wildman–Crippen LogP) is 6.41. The summed E-state index contributed by atoms with van der Waals surface area (Å²) in [4.78, 5) is 18.5. The number of thiocarbonyl (C=S) groups is 1. The van der Waals surface area contributed by atoms with Gasteiger partial charge in [0.25, 0.3) is 0 Å². The molecule has 0 unspecified atom stereocenters. The highest BCUT2D eigenvalue weighted by Crippen LogP contribution is 2.44. The Bertz CT molecular complexity index is 1430. The second-order valence-corrected chi connectivity index (χ2v) is 9.58. The van der Waals surface area contributed by atoms with Crippen LogP contribution >= 0.6 is 35.4 Å². The van der Waals surface area contributed by atoms with Crippen LogP contribution in [0.5, 0.6) is 0 Å². The zero-order chi connectivity index (χ0) is 25.9. The van der Waals surface area contributed by atoms with E-state index in [0.29, 0.717) is 32.4 Å². The molecule has 188 valence electrons. The van der Waals surface area contributed by atoms with Crippen LogP contribution in [0.25, 0.3) is 11.3 Å². The van der Waals surface area contributed by atoms with Crippen molar-refractivity contribution in [1.82, 2.24) is 10.3 Å². The lowest BCUT2D eigenvalue weighted by Gasteiger charge is -2.26. The second-order valence-electron chi connectivity index (χ2n) is 8.35. The van der Waals surface area contributed by atoms with Crippen LogP contribution in [0, 0.1) is 0 Å². The first kappa shape index (κ1) is 25.2. The zero-order valence-electron chi connectivity index (χ0n) is 19.7. The Morgan fingerprint density at radius 3 is 2.65 bits per heavy atom. The maximum atomic E-state index is 12.0. The number of nitrogens with zero attached hydrogens (tertiary/aromatic N) is 2. The van der Waals surface area contributed by atoms with Gasteiger partial charge in [-0.3, -0.25) is 9.78 Å². The van der Waals surface area contributed by atoms with Gasteiger partial charge in [0.15, 0.2) is 5.11 Å². The Morgan fingerprint density at radius 1 is 1.14 bits per heavy atom. The molecule has 1 aliphatic heterocycles. The monoisotopic (exact) mass is 552 g/mol. The van der Waals surface area contributed by atoms with Gasteiger partial charge in [0.1, 0.15) is 24.2 Å². The number of furan rings is 1. The number of methoxy groups -OCH3 is 1. The summed E-state index contributed by atoms with van der Waals surface area (Å²) in [7, 11) is 1.46. The minimum atomic E-state index is -0.353. The first-order valence-corrected chi connectivity index (χ1v) is 12.6. The van der Waals surface area contributed by atoms with Crippen LogP contribution in [-0.2, 0) is 9.53 Å². The number of anilines is 2. The number of halogens is 2. The molecular weight excluding hydrogens is 531 g/mol. The molecular formula is C27H22Cl2N4O3S. The van der Waals surface area contributed by atoms with Crippen LogP contribution in [0.1, 0.15) is 23.5 Å². The second kappa shape index (κ2) is 10.9. The van der Waals surface area contributed by atoms with Gasteiger partial charge < -0.3 is 24.7 Å². The van der Waals surface area contributed by atoms with Crippen molar-refractivity contribution in [3.05, 3.63) is 100 Å². The number of amides is 1. The summed E-state index contributed by atoms with van der Waals surface area (Å²) in [6.45, 7) is -0.0690. The molecule has 2 N–H and O–H groups in total. The summed E-state index contributed by atoms with van der Waals surface area (Å²) >= 11 is 18.4. The van der Waals surface area contributed by atoms with E-state index in [2.05, 4.69) is 15.6 Å². The van der Waals surface area contributed by atoms with Crippen molar-refractivity contribution < 1.29 is 13.9 Å². The molecule has 2 aromatic heterocycles. The van der Waals surface area contributed by atoms with E-state index in [0.717, 1.165) is 16.9 Å². The molecule has 3 heterocycles. The van der Waals surface area contributed by atoms with Gasteiger partial charge in [0, 0.05) is 29.6 Å². The van der Waals surface area contributed by atoms with E-state index in [1.165, 1.54) is 7.11 Å². The van der Waals surface area contributed by atoms with Gasteiger partial charge >= 0.3 is 0 Å². The maximum Gasteiger partial charge on any atom is 0.250 e. The first-order valence-electron chi connectivity index (χ1n) is 11.4. The molecule has 1 aliphatic rings. The smallest absolute Gasteiger partial charge is 0.250 e. The fraction of sp³-hybridized carbons (Fsp3) is 0.148. The molecule has 2 aromatic carbocycles. The molecule has 0 bridgehead atoms. The molecule has 1 fully saturated rings. The van der Waals surface area contributed by atoms with E-state index in [4.69, 9.17) is 44.6 Å². The molecule has 0 aliphatic carbocycles. The van der Waals surface area contributed by atoms with Gasteiger partial charge in [0.05, 0.1) is 22.4 Å². The summed E-state index contributed by atoms with van der Waals surface area (Å²) in [5.41, 5.74) is 2.94. The number of hydrogen-bond donors (Lipinski definition) is 2. The Hall–Kier alpha value is -3.43. The summed E-state index contributed by atoms with van der Waals surface area (Å²) in [5.74, 6) is 1.11. The molecule has 2 atom stereocenters. The van der Waals surface area contributed by atoms with Gasteiger partial charge in [-0.05, 0) is 78.9 Å². The zero-order valence-corrected chi connectivity index (χ0v) is 22.0. The summed E-state index contributed by atoms with van der Waals surface area (Å²) < 4.78 is 11.2. The Balaban J connectivity index is 1.53. The number of carbonyl (C=O) groups is 1. The van der Waals surface area contributed by atoms with E-state index < -0.39 is 0 Å². The molecule has 0 saturated carbocycles. The highest BCUT2D eigenvalue weighted by molar-refractivity contribution is 7.80. The van der Waals surface area contributed by atoms with Crippen molar-refractivity contribution in [3.8, 4) is 11.3 Å². The van der Waals surface area contributed by atoms with Gasteiger partial charge in [0.2, 0.25) is 5.91 Å². The third kappa shape index (κ3) is 5.33. The van der Waals surface area contributed by atoms with Crippen molar-refractivity contribution in [2.24, 2.45) is 0 Å². The van der Waals surface area contributed by atoms with Crippen LogP contribution in [0.15, 0.2) is 83.4 Å². The number of rotatable bonds is 7. The van der Waals surface area contributed by atoms with E-state index in [1.807, 2.05) is 65.6 Å². The standard InChI is InChI=1S/C27H22Cl2N4O3S/c1-35-15-24(34)31-20-10-9-18(14-19(20)29)33-26(25(32-27(33)37)21-4-2-3-13-30-21)23-12-11-22(36-23)16-5-7-17(28)8-6-16/h2-14,25-26H,15H2,1H3,(H,31,34)(H,32,37)/t25-,26-/m0/s1. The number of benzene rings is 2. The molecule has 7 nitrogen and oxygen atoms in total. The summed E-state index contributed by atoms with van der Waals surface area (Å²) in [6, 6.07) is 21.8. The number of pyridine rings is 1. The largest absolute Gasteiger partial charge is 0.459 e. The SMILES string of the molecule is COCC(=O)Nc1ccc(N2C(=S)N[C@@H](c3ccccn3)[C@@H]2c2ccc(-c3ccc(Cl)cc3)o2)cc1Cl. The normalized spacial score (nSPS) is 17.1. The molecule has 37 heavy (non-hydrogen) atoms. The van der Waals surface area contributed by atoms with Crippen molar-refractivity contribution in [2.75, 3.05) is 23.9 Å². The van der Waals surface area contributed by atoms with Crippen LogP contribution in [-0.4, -0.2) is 29.7 Å². The van der Waals surface area contributed by atoms with Gasteiger partial charge in [-0.1, -0.05) is 29.3 Å². The lowest BCUT2D eigenvalue weighted by molar-refractivity contribution is -0.119. The van der Waals surface area contributed by atoms with Gasteiger partial charge in [-0.2, -0.15) is 0 Å². The average molecular weight is 553 g/mol. The summed E-state index contributed by atoms with van der Waals surface area (Å²) in [6.07, 6.45) is 1.75. The van der Waals surface area contributed by atoms with Gasteiger partial charge in [-0.25, -0.2) is 0 Å². The molecule has 4 aromatic rings. The van der Waals surface area contributed by atoms with Gasteiger partial charge in [-0.15, -0.1) is 0 Å². The third-order valence-corrected chi connectivity index (χ3v) is 6.80. The number of hydrogen-bond acceptors (Lipinski definition) is 5. The first-order chi connectivity index (χ1) is 17.9. The lowest BCUT2D eigenvalue weighted by Crippen LogP contribution is -2.29. The topological polar surface area (TPSA) is 79.6 Å². The molecule has 0 spiro atoms. The van der Waals surface area contributed by atoms with E-state index in [-0.39, 0.29) is 24.6 Å². The third-order valence-electron chi connectivity index (χ3n) is 5.93. The maximum absolute atomic E-state index is 12.0. The minimum absolute atomic E-state index is 0.0690. The predicted molar refractivity (Wildman–Crippen MR) is 149 cm³/mol. The van der Waals surface area contributed by atoms with Crippen LogP contribution < -0.4 is 15.5 Å². The molecule has 0 radical (unpaired) electrons. The fourth-order valence-corrected chi connectivity index (χ4v) is 4.97. The van der Waals surface area contributed by atoms with E-state index in [9.17, 15) is 4.79 Å². The quantitative estimate of drug-likeness (QED) is 0.256. The molecule has 1 saturated heterocycles. The average Bonchev–Trinajstić information content (AvgIpc) is 3.51. The fourth-order valence-electron chi connectivity index (χ4n) is 4.28. The van der Waals surface area contributed by atoms with Crippen LogP contribution in [0.3, 0.4) is 0 Å². The molecule has 1 amide bonds. The number of aromatic nitrogens is 1. The lowest BCUT2D eigenvalue weighted by atomic mass is 10.0.